The van der Waals surface area contributed by atoms with Crippen LogP contribution in [0.1, 0.15) is 19.3 Å². The first-order chi connectivity index (χ1) is 8.63. The molecule has 0 aliphatic heterocycles. The van der Waals surface area contributed by atoms with Gasteiger partial charge in [-0.1, -0.05) is 22.6 Å². The van der Waals surface area contributed by atoms with Crippen LogP contribution in [-0.2, 0) is 14.3 Å². The topological polar surface area (TPSA) is 55.4 Å². The number of amides is 1. The summed E-state index contributed by atoms with van der Waals surface area (Å²) in [5, 5.41) is 2.91. The maximum Gasteiger partial charge on any atom is 0.320 e. The van der Waals surface area contributed by atoms with Gasteiger partial charge >= 0.3 is 5.97 Å². The maximum absolute atomic E-state index is 12.1. The average Bonchev–Trinajstić information content (AvgIpc) is 2.83. The minimum Gasteiger partial charge on any atom is -0.468 e. The predicted molar refractivity (Wildman–Crippen MR) is 74.1 cm³/mol. The summed E-state index contributed by atoms with van der Waals surface area (Å²) in [7, 11) is 1.37. The van der Waals surface area contributed by atoms with Crippen molar-refractivity contribution >= 4 is 34.5 Å². The largest absolute Gasteiger partial charge is 0.468 e. The molecular weight excluding hydrogens is 345 g/mol. The first kappa shape index (κ1) is 12.7. The van der Waals surface area contributed by atoms with Crippen molar-refractivity contribution in [2.45, 2.75) is 23.2 Å². The van der Waals surface area contributed by atoms with Crippen LogP contribution in [0.25, 0.3) is 0 Å². The second kappa shape index (κ2) is 4.65. The molecule has 3 aliphatic carbocycles. The number of esters is 1. The molecular formula is C13H18INO3. The van der Waals surface area contributed by atoms with E-state index in [0.717, 1.165) is 11.8 Å². The smallest absolute Gasteiger partial charge is 0.320 e. The summed E-state index contributed by atoms with van der Waals surface area (Å²) in [5.74, 6) is 3.08. The van der Waals surface area contributed by atoms with Gasteiger partial charge in [-0.25, -0.2) is 0 Å². The predicted octanol–water partition coefficient (Wildman–Crippen LogP) is 1.37. The van der Waals surface area contributed by atoms with E-state index in [1.54, 1.807) is 0 Å². The van der Waals surface area contributed by atoms with Gasteiger partial charge in [0.2, 0.25) is 5.91 Å². The summed E-state index contributed by atoms with van der Waals surface area (Å²) in [4.78, 5) is 23.3. The average molecular weight is 363 g/mol. The van der Waals surface area contributed by atoms with Gasteiger partial charge in [-0.15, -0.1) is 0 Å². The Morgan fingerprint density at radius 1 is 1.33 bits per heavy atom. The molecule has 1 amide bonds. The fourth-order valence-electron chi connectivity index (χ4n) is 4.19. The molecule has 3 fully saturated rings. The minimum absolute atomic E-state index is 0.159. The van der Waals surface area contributed by atoms with Gasteiger partial charge in [-0.05, 0) is 42.9 Å². The third kappa shape index (κ3) is 1.94. The highest BCUT2D eigenvalue weighted by Crippen LogP contribution is 2.69. The van der Waals surface area contributed by atoms with E-state index in [4.69, 9.17) is 0 Å². The normalized spacial score (nSPS) is 41.1. The molecule has 0 heterocycles. The zero-order chi connectivity index (χ0) is 12.9. The summed E-state index contributed by atoms with van der Waals surface area (Å²) >= 11 is 2.01. The molecule has 0 aromatic heterocycles. The monoisotopic (exact) mass is 363 g/mol. The van der Waals surface area contributed by atoms with Crippen LogP contribution in [0.5, 0.6) is 0 Å². The Morgan fingerprint density at radius 2 is 1.94 bits per heavy atom. The Kier molecular flexibility index (Phi) is 3.28. The zero-order valence-corrected chi connectivity index (χ0v) is 12.6. The molecule has 3 rings (SSSR count). The molecule has 0 spiro atoms. The first-order valence-electron chi connectivity index (χ1n) is 6.63. The number of carbonyl (C=O) groups excluding carboxylic acids is 2. The second-order valence-electron chi connectivity index (χ2n) is 5.75. The Morgan fingerprint density at radius 3 is 2.50 bits per heavy atom. The highest BCUT2D eigenvalue weighted by atomic mass is 127. The first-order valence-corrected chi connectivity index (χ1v) is 7.87. The Bertz CT molecular complexity index is 370. The number of alkyl halides is 1. The Balaban J connectivity index is 1.48. The summed E-state index contributed by atoms with van der Waals surface area (Å²) in [6, 6.07) is 0. The number of methoxy groups -OCH3 is 1. The lowest BCUT2D eigenvalue weighted by atomic mass is 10.0. The van der Waals surface area contributed by atoms with Crippen LogP contribution in [0, 0.1) is 29.6 Å². The lowest BCUT2D eigenvalue weighted by molar-refractivity contribution is -0.139. The molecule has 0 aromatic rings. The number of ether oxygens (including phenoxy) is 1. The van der Waals surface area contributed by atoms with Crippen LogP contribution in [0.15, 0.2) is 0 Å². The van der Waals surface area contributed by atoms with E-state index in [0.29, 0.717) is 18.4 Å². The molecule has 100 valence electrons. The van der Waals surface area contributed by atoms with Crippen molar-refractivity contribution in [3.63, 3.8) is 0 Å². The van der Waals surface area contributed by atoms with Crippen LogP contribution in [-0.4, -0.2) is 29.5 Å². The fourth-order valence-corrected chi connectivity index (χ4v) is 4.67. The van der Waals surface area contributed by atoms with Crippen molar-refractivity contribution in [3.8, 4) is 0 Å². The molecule has 18 heavy (non-hydrogen) atoms. The molecule has 0 saturated heterocycles. The standard InChI is InChI=1S/C13H18INO3/c1-18-13(17)8(14)5-15-12(16)11-9-6-2-3-7(4-6)10(9)11/h6-11H,2-5H2,1H3,(H,15,16). The third-order valence-electron chi connectivity index (χ3n) is 4.95. The highest BCUT2D eigenvalue weighted by Gasteiger charge is 2.67. The van der Waals surface area contributed by atoms with Gasteiger partial charge in [0, 0.05) is 12.5 Å². The van der Waals surface area contributed by atoms with Crippen molar-refractivity contribution < 1.29 is 14.3 Å². The number of nitrogens with one attached hydrogen (secondary N) is 1. The van der Waals surface area contributed by atoms with E-state index >= 15 is 0 Å². The van der Waals surface area contributed by atoms with Crippen LogP contribution < -0.4 is 5.32 Å². The van der Waals surface area contributed by atoms with Crippen LogP contribution in [0.4, 0.5) is 0 Å². The van der Waals surface area contributed by atoms with Gasteiger partial charge in [-0.3, -0.25) is 9.59 Å². The van der Waals surface area contributed by atoms with Gasteiger partial charge in [0.05, 0.1) is 7.11 Å². The van der Waals surface area contributed by atoms with Crippen LogP contribution in [0.3, 0.4) is 0 Å². The fraction of sp³-hybridized carbons (Fsp3) is 0.846. The van der Waals surface area contributed by atoms with E-state index in [1.807, 2.05) is 22.6 Å². The molecule has 3 saturated carbocycles. The molecule has 4 nitrogen and oxygen atoms in total. The molecule has 0 radical (unpaired) electrons. The molecule has 2 bridgehead atoms. The van der Waals surface area contributed by atoms with Gasteiger partial charge in [0.1, 0.15) is 3.92 Å². The Hall–Kier alpha value is -0.330. The van der Waals surface area contributed by atoms with Crippen molar-refractivity contribution in [1.82, 2.24) is 5.32 Å². The van der Waals surface area contributed by atoms with Gasteiger partial charge in [0.15, 0.2) is 0 Å². The highest BCUT2D eigenvalue weighted by molar-refractivity contribution is 14.1. The van der Waals surface area contributed by atoms with E-state index in [1.165, 1.54) is 26.4 Å². The number of hydrogen-bond donors (Lipinski definition) is 1. The van der Waals surface area contributed by atoms with E-state index in [9.17, 15) is 9.59 Å². The molecule has 5 atom stereocenters. The van der Waals surface area contributed by atoms with Crippen LogP contribution >= 0.6 is 22.6 Å². The Labute approximate surface area is 120 Å². The van der Waals surface area contributed by atoms with Gasteiger partial charge in [-0.2, -0.15) is 0 Å². The third-order valence-corrected chi connectivity index (χ3v) is 5.90. The van der Waals surface area contributed by atoms with E-state index < -0.39 is 0 Å². The molecule has 5 unspecified atom stereocenters. The number of carbonyl (C=O) groups is 2. The van der Waals surface area contributed by atoms with Gasteiger partial charge < -0.3 is 10.1 Å². The number of fused-ring (bicyclic) bond motifs is 5. The van der Waals surface area contributed by atoms with Crippen LogP contribution in [0.2, 0.25) is 0 Å². The summed E-state index contributed by atoms with van der Waals surface area (Å²) in [6.45, 7) is 0.386. The quantitative estimate of drug-likeness (QED) is 0.466. The second-order valence-corrected chi connectivity index (χ2v) is 7.25. The lowest BCUT2D eigenvalue weighted by Gasteiger charge is -2.11. The SMILES string of the molecule is COC(=O)C(I)CNC(=O)C1C2C3CCC(C3)C12. The van der Waals surface area contributed by atoms with Gasteiger partial charge in [0.25, 0.3) is 0 Å². The summed E-state index contributed by atoms with van der Waals surface area (Å²) < 4.78 is 4.36. The number of halogens is 1. The lowest BCUT2D eigenvalue weighted by Crippen LogP contribution is -2.35. The summed E-state index contributed by atoms with van der Waals surface area (Å²) in [5.41, 5.74) is 0. The number of rotatable bonds is 4. The number of hydrogen-bond acceptors (Lipinski definition) is 3. The molecule has 5 heteroatoms. The van der Waals surface area contributed by atoms with E-state index in [-0.39, 0.29) is 21.7 Å². The van der Waals surface area contributed by atoms with Crippen molar-refractivity contribution in [2.75, 3.05) is 13.7 Å². The molecule has 3 aliphatic rings. The van der Waals surface area contributed by atoms with Crippen molar-refractivity contribution in [2.24, 2.45) is 29.6 Å². The zero-order valence-electron chi connectivity index (χ0n) is 10.4. The molecule has 1 N–H and O–H groups in total. The van der Waals surface area contributed by atoms with E-state index in [2.05, 4.69) is 10.1 Å². The summed E-state index contributed by atoms with van der Waals surface area (Å²) in [6.07, 6.45) is 4.01. The van der Waals surface area contributed by atoms with Crippen molar-refractivity contribution in [1.29, 1.82) is 0 Å². The molecule has 0 aromatic carbocycles. The van der Waals surface area contributed by atoms with Crippen molar-refractivity contribution in [3.05, 3.63) is 0 Å². The maximum atomic E-state index is 12.1. The minimum atomic E-state index is -0.285.